The largest absolute Gasteiger partial charge is 0.462 e. The molecule has 6 nitrogen and oxygen atoms in total. The highest BCUT2D eigenvalue weighted by atomic mass is 31.2. The van der Waals surface area contributed by atoms with E-state index >= 15 is 9.13 Å². The molecule has 0 fully saturated rings. The molecule has 0 saturated carbocycles. The molecule has 80 heavy (non-hydrogen) atoms. The van der Waals surface area contributed by atoms with E-state index < -0.39 is 15.2 Å². The third-order valence-electron chi connectivity index (χ3n) is 15.5. The molecule has 6 rings (SSSR count). The molecule has 0 aliphatic heterocycles. The molecule has 8 heteroatoms. The Bertz CT molecular complexity index is 2520. The minimum Gasteiger partial charge on any atom is -0.412 e. The summed E-state index contributed by atoms with van der Waals surface area (Å²) in [5.41, 5.74) is 15.2. The van der Waals surface area contributed by atoms with Crippen molar-refractivity contribution in [2.45, 2.75) is 237 Å². The summed E-state index contributed by atoms with van der Waals surface area (Å²) < 4.78 is 61.4. The molecular weight excluding hydrogens is 1020 g/mol. The molecule has 0 aliphatic carbocycles. The predicted octanol–water partition coefficient (Wildman–Crippen LogP) is 21.3. The fraction of sp³-hybridized carbons (Fsp3) is 0.500. The Kier molecular flexibility index (Phi) is 25.7. The summed E-state index contributed by atoms with van der Waals surface area (Å²) in [7, 11) is -8.23. The van der Waals surface area contributed by atoms with Crippen LogP contribution < -0.4 is 28.7 Å². The Labute approximate surface area is 485 Å². The van der Waals surface area contributed by atoms with E-state index in [1.165, 1.54) is 22.3 Å². The highest BCUT2D eigenvalue weighted by Crippen LogP contribution is 2.54. The molecule has 0 unspecified atom stereocenters. The van der Waals surface area contributed by atoms with Crippen LogP contribution in [0.3, 0.4) is 0 Å². The molecule has 0 N–H and O–H groups in total. The summed E-state index contributed by atoms with van der Waals surface area (Å²) in [6.07, 6.45) is 22.9. The van der Waals surface area contributed by atoms with Gasteiger partial charge in [0.1, 0.15) is 23.0 Å². The van der Waals surface area contributed by atoms with Crippen molar-refractivity contribution >= 4 is 25.8 Å². The van der Waals surface area contributed by atoms with Crippen LogP contribution >= 0.6 is 15.2 Å². The maximum Gasteiger partial charge on any atom is 0.462 e. The predicted molar refractivity (Wildman–Crippen MR) is 342 cm³/mol. The van der Waals surface area contributed by atoms with Crippen molar-refractivity contribution in [2.24, 2.45) is 0 Å². The van der Waals surface area contributed by atoms with Gasteiger partial charge in [0, 0.05) is 0 Å². The van der Waals surface area contributed by atoms with E-state index in [0.717, 1.165) is 210 Å². The number of rotatable bonds is 35. The Balaban J connectivity index is 1.50. The fourth-order valence-electron chi connectivity index (χ4n) is 11.0. The van der Waals surface area contributed by atoms with Gasteiger partial charge >= 0.3 is 15.2 Å². The van der Waals surface area contributed by atoms with E-state index in [0.29, 0.717) is 33.6 Å². The third-order valence-corrected chi connectivity index (χ3v) is 19.0. The average Bonchev–Trinajstić information content (AvgIpc) is 3.52. The third kappa shape index (κ3) is 17.5. The van der Waals surface area contributed by atoms with Crippen molar-refractivity contribution in [3.63, 3.8) is 0 Å². The topological polar surface area (TPSA) is 71.1 Å². The van der Waals surface area contributed by atoms with Crippen LogP contribution in [-0.4, -0.2) is 0 Å². The Morgan fingerprint density at radius 1 is 0.275 bits per heavy atom. The van der Waals surface area contributed by atoms with Gasteiger partial charge in [0.25, 0.3) is 0 Å². The average molecular weight is 1120 g/mol. The Morgan fingerprint density at radius 2 is 0.438 bits per heavy atom. The summed E-state index contributed by atoms with van der Waals surface area (Å²) in [6.45, 7) is 26.3. The first kappa shape index (κ1) is 64.2. The second-order valence-electron chi connectivity index (χ2n) is 22.9. The highest BCUT2D eigenvalue weighted by Gasteiger charge is 2.37. The molecule has 0 radical (unpaired) electrons. The lowest BCUT2D eigenvalue weighted by Crippen LogP contribution is -2.18. The molecule has 0 saturated heterocycles. The van der Waals surface area contributed by atoms with Crippen LogP contribution in [0, 0.1) is 27.7 Å². The Hall–Kier alpha value is -5.02. The summed E-state index contributed by atoms with van der Waals surface area (Å²) in [5, 5.41) is 1.01. The van der Waals surface area contributed by atoms with E-state index in [9.17, 15) is 0 Å². The molecule has 0 atom stereocenters. The van der Waals surface area contributed by atoms with E-state index in [-0.39, 0.29) is 0 Å². The quantitative estimate of drug-likeness (QED) is 0.0369. The van der Waals surface area contributed by atoms with Gasteiger partial charge in [-0.15, -0.1) is 0 Å². The summed E-state index contributed by atoms with van der Waals surface area (Å²) in [4.78, 5) is 0. The second-order valence-corrected chi connectivity index (χ2v) is 26.7. The smallest absolute Gasteiger partial charge is 0.412 e. The van der Waals surface area contributed by atoms with E-state index in [1.807, 2.05) is 48.5 Å². The number of unbranched alkanes of at least 4 members (excludes halogenated alkanes) is 8. The zero-order valence-corrected chi connectivity index (χ0v) is 53.3. The van der Waals surface area contributed by atoms with E-state index in [1.54, 1.807) is 0 Å². The van der Waals surface area contributed by atoms with E-state index in [2.05, 4.69) is 132 Å². The van der Waals surface area contributed by atoms with Crippen LogP contribution in [0.5, 0.6) is 23.0 Å². The molecule has 6 aromatic carbocycles. The molecule has 0 heterocycles. The van der Waals surface area contributed by atoms with Crippen molar-refractivity contribution in [3.8, 4) is 34.1 Å². The van der Waals surface area contributed by atoms with Crippen LogP contribution in [0.15, 0.2) is 97.1 Å². The van der Waals surface area contributed by atoms with Gasteiger partial charge in [0.2, 0.25) is 0 Å². The Morgan fingerprint density at radius 3 is 0.588 bits per heavy atom. The van der Waals surface area contributed by atoms with Gasteiger partial charge < -0.3 is 18.1 Å². The zero-order chi connectivity index (χ0) is 57.7. The number of aryl methyl sites for hydroxylation is 12. The molecule has 0 spiro atoms. The lowest BCUT2D eigenvalue weighted by Gasteiger charge is -2.27. The number of hydrogen-bond donors (Lipinski definition) is 0. The van der Waals surface area contributed by atoms with Crippen molar-refractivity contribution in [1.82, 2.24) is 0 Å². The standard InChI is InChI=1S/C72H100O6P2/c1-13-21-29-59-45-53(9)46-60(30-22-14-2)69(59)75-79(73,76-70-61(31-23-15-3)47-54(10)48-62(70)32-24-16-4)67-41-37-57(38-42-67)58-39-43-68(44-40-58)80(74,77-71-63(33-25-17-5)49-55(11)50-64(71)34-26-18-6)78-72-65(35-27-19-7)51-56(12)52-66(72)36-28-20-8/h37-52H,13-36H2,1-12H3. The molecule has 0 bridgehead atoms. The molecule has 0 aliphatic rings. The fourth-order valence-corrected chi connectivity index (χ4v) is 14.4. The number of benzene rings is 6. The molecule has 0 amide bonds. The summed E-state index contributed by atoms with van der Waals surface area (Å²) in [6, 6.07) is 33.5. The van der Waals surface area contributed by atoms with Crippen molar-refractivity contribution in [1.29, 1.82) is 0 Å². The zero-order valence-electron chi connectivity index (χ0n) is 51.6. The van der Waals surface area contributed by atoms with Gasteiger partial charge in [-0.3, -0.25) is 0 Å². The summed E-state index contributed by atoms with van der Waals surface area (Å²) >= 11 is 0. The molecule has 434 valence electrons. The monoisotopic (exact) mass is 1120 g/mol. The van der Waals surface area contributed by atoms with Gasteiger partial charge in [0.15, 0.2) is 0 Å². The number of hydrogen-bond acceptors (Lipinski definition) is 6. The lowest BCUT2D eigenvalue weighted by atomic mass is 9.97. The molecule has 0 aromatic heterocycles. The SMILES string of the molecule is CCCCc1cc(C)cc(CCCC)c1OP(=O)(Oc1c(CCCC)cc(C)cc1CCCC)c1ccc(-c2ccc(P(=O)(Oc3c(CCCC)cc(C)cc3CCCC)Oc3c(CCCC)cc(C)cc3CCCC)cc2)cc1. The van der Waals surface area contributed by atoms with Gasteiger partial charge in [-0.1, -0.05) is 202 Å². The maximum atomic E-state index is 16.4. The van der Waals surface area contributed by atoms with Crippen LogP contribution in [-0.2, 0) is 60.5 Å². The van der Waals surface area contributed by atoms with Gasteiger partial charge in [-0.25, -0.2) is 9.13 Å². The molecular formula is C72H100O6P2. The van der Waals surface area contributed by atoms with Gasteiger partial charge in [-0.05, 0) is 210 Å². The first-order valence-corrected chi connectivity index (χ1v) is 34.4. The van der Waals surface area contributed by atoms with Crippen LogP contribution in [0.25, 0.3) is 11.1 Å². The highest BCUT2D eigenvalue weighted by molar-refractivity contribution is 7.63. The maximum absolute atomic E-state index is 16.4. The first-order valence-electron chi connectivity index (χ1n) is 31.4. The van der Waals surface area contributed by atoms with Crippen LogP contribution in [0.1, 0.15) is 225 Å². The van der Waals surface area contributed by atoms with E-state index in [4.69, 9.17) is 18.1 Å². The normalized spacial score (nSPS) is 11.8. The van der Waals surface area contributed by atoms with Crippen molar-refractivity contribution in [3.05, 3.63) is 164 Å². The van der Waals surface area contributed by atoms with Crippen molar-refractivity contribution < 1.29 is 27.2 Å². The van der Waals surface area contributed by atoms with Gasteiger partial charge in [-0.2, -0.15) is 0 Å². The minimum absolute atomic E-state index is 0.503. The lowest BCUT2D eigenvalue weighted by molar-refractivity contribution is 0.389. The van der Waals surface area contributed by atoms with Crippen molar-refractivity contribution in [2.75, 3.05) is 0 Å². The first-order chi connectivity index (χ1) is 38.7. The minimum atomic E-state index is -4.11. The molecule has 6 aromatic rings. The second kappa shape index (κ2) is 32.0. The van der Waals surface area contributed by atoms with Crippen LogP contribution in [0.2, 0.25) is 0 Å². The summed E-state index contributed by atoms with van der Waals surface area (Å²) in [5.74, 6) is 2.81. The van der Waals surface area contributed by atoms with Crippen LogP contribution in [0.4, 0.5) is 0 Å². The van der Waals surface area contributed by atoms with Gasteiger partial charge in [0.05, 0.1) is 10.6 Å².